The first-order valence-electron chi connectivity index (χ1n) is 22.4. The Kier molecular flexibility index (Phi) is 13.3. The molecule has 0 aromatic heterocycles. The highest BCUT2D eigenvalue weighted by Crippen LogP contribution is 2.36. The molecule has 0 aliphatic carbocycles. The van der Waals surface area contributed by atoms with Crippen LogP contribution in [0.25, 0.3) is 35.4 Å². The summed E-state index contributed by atoms with van der Waals surface area (Å²) in [6.07, 6.45) is 8.62. The SMILES string of the molecule is C[Si](C)(C)c1ccc(N(c2ccc(C#N)cc2)c2ccc(/C=C/c3ccc(-c4ccc(/C=C/c5ccc(N(c6ccc(C#N)cc6)c6ccc([Si](C)(C)C)cc6)cc5)cc4)cc3)cc2)cc1. The van der Waals surface area contributed by atoms with Crippen LogP contribution in [-0.2, 0) is 0 Å². The minimum Gasteiger partial charge on any atom is -0.311 e. The van der Waals surface area contributed by atoms with Crippen molar-refractivity contribution in [2.75, 3.05) is 9.80 Å². The van der Waals surface area contributed by atoms with Gasteiger partial charge < -0.3 is 9.80 Å². The van der Waals surface area contributed by atoms with Crippen molar-refractivity contribution in [1.29, 1.82) is 10.5 Å². The van der Waals surface area contributed by atoms with Gasteiger partial charge in [0.1, 0.15) is 0 Å². The molecule has 8 aromatic carbocycles. The number of rotatable bonds is 13. The number of hydrogen-bond acceptors (Lipinski definition) is 4. The zero-order chi connectivity index (χ0) is 46.3. The lowest BCUT2D eigenvalue weighted by molar-refractivity contribution is 1.28. The molecular weight excluding hydrogens is 833 g/mol. The largest absolute Gasteiger partial charge is 0.311 e. The molecule has 0 spiro atoms. The van der Waals surface area contributed by atoms with Gasteiger partial charge in [-0.05, 0) is 130 Å². The van der Waals surface area contributed by atoms with Crippen LogP contribution in [0.5, 0.6) is 0 Å². The van der Waals surface area contributed by atoms with Gasteiger partial charge in [0.05, 0.1) is 39.4 Å². The van der Waals surface area contributed by atoms with Gasteiger partial charge in [0, 0.05) is 34.1 Å². The molecule has 0 atom stereocenters. The van der Waals surface area contributed by atoms with Crippen LogP contribution in [0, 0.1) is 22.7 Å². The summed E-state index contributed by atoms with van der Waals surface area (Å²) in [6, 6.07) is 72.5. The quantitative estimate of drug-likeness (QED) is 0.0855. The first-order chi connectivity index (χ1) is 31.8. The second kappa shape index (κ2) is 19.6. The predicted molar refractivity (Wildman–Crippen MR) is 287 cm³/mol. The maximum Gasteiger partial charge on any atom is 0.0991 e. The van der Waals surface area contributed by atoms with Crippen molar-refractivity contribution in [3.8, 4) is 23.3 Å². The van der Waals surface area contributed by atoms with Gasteiger partial charge in [-0.2, -0.15) is 10.5 Å². The second-order valence-electron chi connectivity index (χ2n) is 18.7. The van der Waals surface area contributed by atoms with Crippen LogP contribution in [-0.4, -0.2) is 16.1 Å². The molecule has 8 aromatic rings. The first kappa shape index (κ1) is 44.8. The molecular formula is C60H54N4Si2. The van der Waals surface area contributed by atoms with Crippen molar-refractivity contribution in [3.05, 3.63) is 228 Å². The summed E-state index contributed by atoms with van der Waals surface area (Å²) in [6.45, 7) is 14.2. The molecule has 0 aliphatic heterocycles. The summed E-state index contributed by atoms with van der Waals surface area (Å²) in [5, 5.41) is 21.6. The van der Waals surface area contributed by atoms with E-state index in [-0.39, 0.29) is 0 Å². The van der Waals surface area contributed by atoms with E-state index in [1.54, 1.807) is 0 Å². The van der Waals surface area contributed by atoms with Crippen molar-refractivity contribution >= 4 is 84.9 Å². The van der Waals surface area contributed by atoms with Crippen LogP contribution >= 0.6 is 0 Å². The Balaban J connectivity index is 0.918. The minimum atomic E-state index is -1.43. The fraction of sp³-hybridized carbons (Fsp3) is 0.100. The fourth-order valence-corrected chi connectivity index (χ4v) is 10.2. The smallest absolute Gasteiger partial charge is 0.0991 e. The highest BCUT2D eigenvalue weighted by molar-refractivity contribution is 6.89. The van der Waals surface area contributed by atoms with Gasteiger partial charge >= 0.3 is 0 Å². The third kappa shape index (κ3) is 10.8. The van der Waals surface area contributed by atoms with Crippen LogP contribution in [0.2, 0.25) is 39.3 Å². The molecule has 0 amide bonds. The molecule has 8 rings (SSSR count). The van der Waals surface area contributed by atoms with Gasteiger partial charge in [0.15, 0.2) is 0 Å². The summed E-state index contributed by atoms with van der Waals surface area (Å²) in [4.78, 5) is 4.49. The Hall–Kier alpha value is -7.75. The average Bonchev–Trinajstić information content (AvgIpc) is 3.34. The maximum absolute atomic E-state index is 9.40. The molecule has 0 unspecified atom stereocenters. The van der Waals surface area contributed by atoms with Crippen molar-refractivity contribution in [2.45, 2.75) is 39.3 Å². The molecule has 0 N–H and O–H groups in total. The van der Waals surface area contributed by atoms with E-state index in [9.17, 15) is 10.5 Å². The number of nitriles is 2. The van der Waals surface area contributed by atoms with Gasteiger partial charge in [0.2, 0.25) is 0 Å². The number of benzene rings is 8. The molecule has 0 heterocycles. The Morgan fingerprint density at radius 2 is 0.515 bits per heavy atom. The van der Waals surface area contributed by atoms with Crippen molar-refractivity contribution in [1.82, 2.24) is 0 Å². The van der Waals surface area contributed by atoms with Crippen molar-refractivity contribution in [3.63, 3.8) is 0 Å². The van der Waals surface area contributed by atoms with Crippen LogP contribution in [0.4, 0.5) is 34.1 Å². The standard InChI is InChI=1S/C60H54N4Si2/c1-65(2,3)59-39-35-57(36-40-59)63(55-31-19-49(43-61)20-32-55)53-27-15-47(16-28-53)9-7-45-11-23-51(24-12-45)52-25-13-46(14-26-52)8-10-48-17-29-54(30-18-48)64(56-33-21-50(44-62)22-34-56)58-37-41-60(42-38-58)66(4,5)6/h7-42H,1-6H3/b9-7+,10-8+. The highest BCUT2D eigenvalue weighted by atomic mass is 28.3. The Morgan fingerprint density at radius 1 is 0.303 bits per heavy atom. The van der Waals surface area contributed by atoms with Crippen LogP contribution < -0.4 is 20.2 Å². The molecule has 0 aliphatic rings. The Bertz CT molecular complexity index is 2820. The molecule has 0 bridgehead atoms. The molecule has 66 heavy (non-hydrogen) atoms. The number of hydrogen-bond donors (Lipinski definition) is 0. The van der Waals surface area contributed by atoms with E-state index in [4.69, 9.17) is 0 Å². The number of nitrogens with zero attached hydrogens (tertiary/aromatic N) is 4. The summed E-state index contributed by atoms with van der Waals surface area (Å²) in [5.41, 5.74) is 14.4. The van der Waals surface area contributed by atoms with E-state index >= 15 is 0 Å². The molecule has 0 saturated heterocycles. The molecule has 0 saturated carbocycles. The monoisotopic (exact) mass is 886 g/mol. The van der Waals surface area contributed by atoms with Crippen LogP contribution in [0.3, 0.4) is 0 Å². The normalized spacial score (nSPS) is 11.6. The lowest BCUT2D eigenvalue weighted by atomic mass is 10.0. The number of anilines is 6. The van der Waals surface area contributed by atoms with Crippen LogP contribution in [0.1, 0.15) is 33.4 Å². The van der Waals surface area contributed by atoms with Gasteiger partial charge in [-0.15, -0.1) is 0 Å². The third-order valence-corrected chi connectivity index (χ3v) is 16.0. The molecule has 4 nitrogen and oxygen atoms in total. The van der Waals surface area contributed by atoms with E-state index in [1.807, 2.05) is 48.5 Å². The predicted octanol–water partition coefficient (Wildman–Crippen LogP) is 15.5. The van der Waals surface area contributed by atoms with Gasteiger partial charge in [-0.3, -0.25) is 0 Å². The lowest BCUT2D eigenvalue weighted by Gasteiger charge is -2.26. The zero-order valence-corrected chi connectivity index (χ0v) is 40.6. The van der Waals surface area contributed by atoms with E-state index in [2.05, 4.69) is 231 Å². The Morgan fingerprint density at radius 3 is 0.742 bits per heavy atom. The van der Waals surface area contributed by atoms with E-state index in [1.165, 1.54) is 21.5 Å². The molecule has 0 fully saturated rings. The topological polar surface area (TPSA) is 54.1 Å². The van der Waals surface area contributed by atoms with Crippen molar-refractivity contribution < 1.29 is 0 Å². The van der Waals surface area contributed by atoms with Crippen LogP contribution in [0.15, 0.2) is 194 Å². The second-order valence-corrected chi connectivity index (χ2v) is 28.8. The van der Waals surface area contributed by atoms with Gasteiger partial charge in [-0.1, -0.05) is 171 Å². The fourth-order valence-electron chi connectivity index (χ4n) is 7.91. The van der Waals surface area contributed by atoms with Crippen molar-refractivity contribution in [2.24, 2.45) is 0 Å². The van der Waals surface area contributed by atoms with E-state index in [0.29, 0.717) is 11.1 Å². The van der Waals surface area contributed by atoms with E-state index in [0.717, 1.165) is 56.4 Å². The molecule has 6 heteroatoms. The molecule has 0 radical (unpaired) electrons. The summed E-state index contributed by atoms with van der Waals surface area (Å²) < 4.78 is 0. The Labute approximate surface area is 393 Å². The maximum atomic E-state index is 9.40. The summed E-state index contributed by atoms with van der Waals surface area (Å²) in [5.74, 6) is 0. The third-order valence-electron chi connectivity index (χ3n) is 11.9. The summed E-state index contributed by atoms with van der Waals surface area (Å²) in [7, 11) is -2.87. The molecule has 322 valence electrons. The van der Waals surface area contributed by atoms with Gasteiger partial charge in [0.25, 0.3) is 0 Å². The van der Waals surface area contributed by atoms with E-state index < -0.39 is 16.1 Å². The average molecular weight is 887 g/mol. The highest BCUT2D eigenvalue weighted by Gasteiger charge is 2.20. The van der Waals surface area contributed by atoms with Gasteiger partial charge in [-0.25, -0.2) is 0 Å². The lowest BCUT2D eigenvalue weighted by Crippen LogP contribution is -2.37. The summed E-state index contributed by atoms with van der Waals surface area (Å²) >= 11 is 0. The zero-order valence-electron chi connectivity index (χ0n) is 38.6. The minimum absolute atomic E-state index is 0.646. The first-order valence-corrected chi connectivity index (χ1v) is 29.4.